The highest BCUT2D eigenvalue weighted by atomic mass is 32.1. The minimum Gasteiger partial charge on any atom is -0.452 e. The van der Waals surface area contributed by atoms with Gasteiger partial charge in [0.05, 0.1) is 11.1 Å². The Kier molecular flexibility index (Phi) is 5.31. The number of fused-ring (bicyclic) bond motifs is 2. The number of aryl methyl sites for hydroxylation is 1. The van der Waals surface area contributed by atoms with Crippen molar-refractivity contribution in [2.24, 2.45) is 5.73 Å². The van der Waals surface area contributed by atoms with Crippen LogP contribution in [0.4, 0.5) is 5.00 Å². The zero-order valence-corrected chi connectivity index (χ0v) is 16.5. The average Bonchev–Trinajstić information content (AvgIpc) is 3.09. The molecule has 0 atom stereocenters. The third kappa shape index (κ3) is 3.86. The summed E-state index contributed by atoms with van der Waals surface area (Å²) in [6, 6.07) is 12.8. The number of ether oxygens (including phenoxy) is 1. The number of amides is 2. The van der Waals surface area contributed by atoms with E-state index in [1.54, 1.807) is 12.1 Å². The van der Waals surface area contributed by atoms with Crippen molar-refractivity contribution in [2.75, 3.05) is 11.9 Å². The molecule has 1 aliphatic rings. The number of carbonyl (C=O) groups is 3. The Balaban J connectivity index is 1.46. The normalized spacial score (nSPS) is 13.0. The maximum Gasteiger partial charge on any atom is 0.339 e. The summed E-state index contributed by atoms with van der Waals surface area (Å²) in [6.45, 7) is -0.442. The van der Waals surface area contributed by atoms with Gasteiger partial charge in [-0.05, 0) is 48.1 Å². The second kappa shape index (κ2) is 8.05. The van der Waals surface area contributed by atoms with Gasteiger partial charge in [0.1, 0.15) is 5.00 Å². The molecule has 0 saturated heterocycles. The first-order chi connectivity index (χ1) is 14.0. The topological polar surface area (TPSA) is 98.5 Å². The Morgan fingerprint density at radius 3 is 2.62 bits per heavy atom. The van der Waals surface area contributed by atoms with Crippen molar-refractivity contribution in [3.8, 4) is 0 Å². The lowest BCUT2D eigenvalue weighted by molar-refractivity contribution is -0.119. The van der Waals surface area contributed by atoms with E-state index in [1.807, 2.05) is 30.3 Å². The summed E-state index contributed by atoms with van der Waals surface area (Å²) in [6.07, 6.45) is 3.73. The molecule has 0 fully saturated rings. The van der Waals surface area contributed by atoms with E-state index in [0.717, 1.165) is 46.9 Å². The highest BCUT2D eigenvalue weighted by Gasteiger charge is 2.25. The zero-order chi connectivity index (χ0) is 20.4. The number of benzene rings is 2. The molecule has 0 unspecified atom stereocenters. The van der Waals surface area contributed by atoms with E-state index in [4.69, 9.17) is 10.5 Å². The summed E-state index contributed by atoms with van der Waals surface area (Å²) in [5, 5.41) is 4.82. The van der Waals surface area contributed by atoms with Crippen molar-refractivity contribution < 1.29 is 19.1 Å². The van der Waals surface area contributed by atoms with Gasteiger partial charge >= 0.3 is 5.97 Å². The van der Waals surface area contributed by atoms with E-state index >= 15 is 0 Å². The van der Waals surface area contributed by atoms with E-state index in [1.165, 1.54) is 11.3 Å². The van der Waals surface area contributed by atoms with Crippen LogP contribution in [0.2, 0.25) is 0 Å². The molecular weight excluding hydrogens is 388 g/mol. The molecule has 3 N–H and O–H groups in total. The third-order valence-corrected chi connectivity index (χ3v) is 6.22. The fourth-order valence-electron chi connectivity index (χ4n) is 3.69. The average molecular weight is 408 g/mol. The number of hydrogen-bond donors (Lipinski definition) is 2. The molecule has 7 heteroatoms. The minimum atomic E-state index is -0.572. The molecule has 3 aromatic rings. The molecule has 29 heavy (non-hydrogen) atoms. The number of nitrogens with two attached hydrogens (primary N) is 1. The van der Waals surface area contributed by atoms with E-state index in [-0.39, 0.29) is 0 Å². The molecule has 1 aliphatic carbocycles. The molecule has 0 aliphatic heterocycles. The monoisotopic (exact) mass is 408 g/mol. The number of nitrogens with one attached hydrogen (secondary N) is 1. The van der Waals surface area contributed by atoms with Gasteiger partial charge in [-0.3, -0.25) is 9.59 Å². The van der Waals surface area contributed by atoms with Gasteiger partial charge in [0.15, 0.2) is 6.61 Å². The second-order valence-corrected chi connectivity index (χ2v) is 8.04. The number of primary amides is 1. The first-order valence-corrected chi connectivity index (χ1v) is 10.3. The van der Waals surface area contributed by atoms with Gasteiger partial charge in [0, 0.05) is 4.88 Å². The van der Waals surface area contributed by atoms with E-state index < -0.39 is 24.4 Å². The molecule has 2 aromatic carbocycles. The van der Waals surface area contributed by atoms with Crippen LogP contribution in [0.1, 0.15) is 44.0 Å². The van der Waals surface area contributed by atoms with Gasteiger partial charge in [-0.2, -0.15) is 0 Å². The number of carbonyl (C=O) groups excluding carboxylic acids is 3. The molecule has 6 nitrogen and oxygen atoms in total. The summed E-state index contributed by atoms with van der Waals surface area (Å²) in [4.78, 5) is 37.8. The predicted molar refractivity (Wildman–Crippen MR) is 112 cm³/mol. The minimum absolute atomic E-state index is 0.387. The molecule has 0 radical (unpaired) electrons. The van der Waals surface area contributed by atoms with Crippen molar-refractivity contribution in [2.45, 2.75) is 25.7 Å². The summed E-state index contributed by atoms with van der Waals surface area (Å²) in [5.41, 5.74) is 7.27. The van der Waals surface area contributed by atoms with Crippen LogP contribution in [0.3, 0.4) is 0 Å². The van der Waals surface area contributed by atoms with Gasteiger partial charge in [-0.15, -0.1) is 11.3 Å². The van der Waals surface area contributed by atoms with Crippen molar-refractivity contribution in [3.63, 3.8) is 0 Å². The highest BCUT2D eigenvalue weighted by Crippen LogP contribution is 2.37. The molecule has 2 amide bonds. The summed E-state index contributed by atoms with van der Waals surface area (Å²) in [5.74, 6) is -1.62. The van der Waals surface area contributed by atoms with Gasteiger partial charge in [-0.25, -0.2) is 4.79 Å². The SMILES string of the molecule is NC(=O)c1c(NC(=O)COC(=O)c2cccc3ccccc23)sc2c1CCCC2. The van der Waals surface area contributed by atoms with Crippen LogP contribution in [0, 0.1) is 0 Å². The molecule has 1 heterocycles. The number of thiophene rings is 1. The lowest BCUT2D eigenvalue weighted by atomic mass is 9.95. The molecule has 4 rings (SSSR count). The summed E-state index contributed by atoms with van der Waals surface area (Å²) < 4.78 is 5.21. The van der Waals surface area contributed by atoms with Crippen LogP contribution in [-0.2, 0) is 22.4 Å². The first-order valence-electron chi connectivity index (χ1n) is 9.43. The van der Waals surface area contributed by atoms with Gasteiger partial charge in [0.25, 0.3) is 11.8 Å². The molecule has 0 bridgehead atoms. The van der Waals surface area contributed by atoms with Gasteiger partial charge in [0.2, 0.25) is 0 Å². The molecule has 0 saturated carbocycles. The number of esters is 1. The van der Waals surface area contributed by atoms with Crippen molar-refractivity contribution in [3.05, 3.63) is 64.0 Å². The van der Waals surface area contributed by atoms with Crippen LogP contribution in [0.5, 0.6) is 0 Å². The lowest BCUT2D eigenvalue weighted by Crippen LogP contribution is -2.23. The Labute approximate surface area is 171 Å². The van der Waals surface area contributed by atoms with Gasteiger partial charge < -0.3 is 15.8 Å². The van der Waals surface area contributed by atoms with Crippen molar-refractivity contribution >= 4 is 44.9 Å². The maximum absolute atomic E-state index is 12.5. The van der Waals surface area contributed by atoms with Crippen LogP contribution in [-0.4, -0.2) is 24.4 Å². The summed E-state index contributed by atoms with van der Waals surface area (Å²) >= 11 is 1.38. The van der Waals surface area contributed by atoms with Crippen molar-refractivity contribution in [1.82, 2.24) is 0 Å². The fourth-order valence-corrected chi connectivity index (χ4v) is 5.00. The summed E-state index contributed by atoms with van der Waals surface area (Å²) in [7, 11) is 0. The Morgan fingerprint density at radius 2 is 1.79 bits per heavy atom. The highest BCUT2D eigenvalue weighted by molar-refractivity contribution is 7.17. The van der Waals surface area contributed by atoms with Crippen LogP contribution >= 0.6 is 11.3 Å². The molecule has 0 spiro atoms. The van der Waals surface area contributed by atoms with Crippen LogP contribution in [0.15, 0.2) is 42.5 Å². The zero-order valence-electron chi connectivity index (χ0n) is 15.7. The Hall–Kier alpha value is -3.19. The molecule has 1 aromatic heterocycles. The Morgan fingerprint density at radius 1 is 1.03 bits per heavy atom. The third-order valence-electron chi connectivity index (χ3n) is 5.01. The van der Waals surface area contributed by atoms with Crippen molar-refractivity contribution in [1.29, 1.82) is 0 Å². The van der Waals surface area contributed by atoms with E-state index in [0.29, 0.717) is 16.1 Å². The van der Waals surface area contributed by atoms with Crippen LogP contribution in [0.25, 0.3) is 10.8 Å². The number of anilines is 1. The first kappa shape index (κ1) is 19.1. The van der Waals surface area contributed by atoms with E-state index in [9.17, 15) is 14.4 Å². The number of hydrogen-bond acceptors (Lipinski definition) is 5. The van der Waals surface area contributed by atoms with E-state index in [2.05, 4.69) is 5.32 Å². The fraction of sp³-hybridized carbons (Fsp3) is 0.227. The predicted octanol–water partition coefficient (Wildman–Crippen LogP) is 3.67. The van der Waals surface area contributed by atoms with Gasteiger partial charge in [-0.1, -0.05) is 36.4 Å². The van der Waals surface area contributed by atoms with Crippen LogP contribution < -0.4 is 11.1 Å². The largest absolute Gasteiger partial charge is 0.452 e. The maximum atomic E-state index is 12.5. The Bertz CT molecular complexity index is 1110. The molecule has 148 valence electrons. The quantitative estimate of drug-likeness (QED) is 0.629. The number of rotatable bonds is 5. The second-order valence-electron chi connectivity index (χ2n) is 6.93. The lowest BCUT2D eigenvalue weighted by Gasteiger charge is -2.11. The standard InChI is InChI=1S/C22H20N2O4S/c23-20(26)19-16-9-3-4-11-17(16)29-21(19)24-18(25)12-28-22(27)15-10-5-7-13-6-1-2-8-14(13)15/h1-2,5-8,10H,3-4,9,11-12H2,(H2,23,26)(H,24,25). The smallest absolute Gasteiger partial charge is 0.339 e. The molecular formula is C22H20N2O4S.